The molecule has 0 aromatic carbocycles. The van der Waals surface area contributed by atoms with Gasteiger partial charge in [-0.15, -0.1) is 0 Å². The first-order valence-corrected chi connectivity index (χ1v) is 4.28. The fourth-order valence-corrected chi connectivity index (χ4v) is 0.447. The third-order valence-electron chi connectivity index (χ3n) is 0.467. The molecule has 0 saturated carbocycles. The van der Waals surface area contributed by atoms with Gasteiger partial charge in [-0.25, -0.2) is 0 Å². The van der Waals surface area contributed by atoms with Crippen molar-refractivity contribution in [3.8, 4) is 0 Å². The van der Waals surface area contributed by atoms with Gasteiger partial charge in [-0.05, 0) is 6.08 Å². The minimum Gasteiger partial charge on any atom is -0.549 e. The molecule has 0 aliphatic carbocycles. The number of rotatable bonds is 3. The van der Waals surface area contributed by atoms with E-state index in [0.717, 1.165) is 6.08 Å². The molecular formula is C5H14N2O7S. The Morgan fingerprint density at radius 1 is 1.27 bits per heavy atom. The first-order valence-electron chi connectivity index (χ1n) is 2.67. The Bertz CT molecular complexity index is 297. The van der Waals surface area contributed by atoms with Crippen molar-refractivity contribution in [3.63, 3.8) is 0 Å². The summed E-state index contributed by atoms with van der Waals surface area (Å²) in [6.45, 7) is 2.90. The maximum atomic E-state index is 9.58. The Hall–Kier alpha value is -1.49. The molecule has 0 saturated heterocycles. The molecule has 0 aliphatic rings. The molecule has 9 nitrogen and oxygen atoms in total. The van der Waals surface area contributed by atoms with Gasteiger partial charge in [-0.1, -0.05) is 6.58 Å². The van der Waals surface area contributed by atoms with E-state index in [9.17, 15) is 18.3 Å². The Balaban J connectivity index is -0.0000000770. The summed E-state index contributed by atoms with van der Waals surface area (Å²) in [7, 11) is -4.39. The van der Waals surface area contributed by atoms with E-state index in [1.807, 2.05) is 0 Å². The Morgan fingerprint density at radius 3 is 1.53 bits per heavy atom. The molecule has 0 atom stereocenters. The SMILES string of the molecule is C=CC(=O)[O-].O=C([O-])CS(=O)(=O)O.[NH4+].[NH4+]. The lowest BCUT2D eigenvalue weighted by Crippen LogP contribution is -2.30. The first-order chi connectivity index (χ1) is 5.69. The largest absolute Gasteiger partial charge is 0.549 e. The van der Waals surface area contributed by atoms with Crippen molar-refractivity contribution in [1.29, 1.82) is 0 Å². The highest BCUT2D eigenvalue weighted by Gasteiger charge is 2.02. The van der Waals surface area contributed by atoms with Crippen LogP contribution in [-0.4, -0.2) is 30.7 Å². The van der Waals surface area contributed by atoms with Crippen molar-refractivity contribution < 1.29 is 32.8 Å². The lowest BCUT2D eigenvalue weighted by atomic mass is 10.7. The number of carboxylic acids is 2. The first kappa shape index (κ1) is 23.4. The van der Waals surface area contributed by atoms with Crippen LogP contribution in [-0.2, 0) is 19.7 Å². The molecule has 0 heterocycles. The van der Waals surface area contributed by atoms with Gasteiger partial charge in [-0.3, -0.25) is 4.55 Å². The number of carbonyl (C=O) groups excluding carboxylic acids is 2. The average molecular weight is 246 g/mol. The van der Waals surface area contributed by atoms with Crippen molar-refractivity contribution in [2.75, 3.05) is 5.75 Å². The van der Waals surface area contributed by atoms with Gasteiger partial charge in [0, 0.05) is 0 Å². The molecule has 0 spiro atoms. The molecule has 92 valence electrons. The lowest BCUT2D eigenvalue weighted by molar-refractivity contribution is -0.302. The molecule has 0 bridgehead atoms. The minimum atomic E-state index is -4.39. The number of hydrogen-bond acceptors (Lipinski definition) is 6. The molecule has 0 fully saturated rings. The summed E-state index contributed by atoms with van der Waals surface area (Å²) >= 11 is 0. The molecular weight excluding hydrogens is 232 g/mol. The summed E-state index contributed by atoms with van der Waals surface area (Å²) < 4.78 is 26.9. The molecule has 0 unspecified atom stereocenters. The summed E-state index contributed by atoms with van der Waals surface area (Å²) in [6.07, 6.45) is 0.722. The highest BCUT2D eigenvalue weighted by Crippen LogP contribution is 1.76. The molecule has 0 aliphatic heterocycles. The zero-order valence-corrected chi connectivity index (χ0v) is 9.11. The molecule has 0 amide bonds. The second kappa shape index (κ2) is 10.6. The van der Waals surface area contributed by atoms with E-state index in [4.69, 9.17) is 14.5 Å². The monoisotopic (exact) mass is 246 g/mol. The van der Waals surface area contributed by atoms with E-state index >= 15 is 0 Å². The summed E-state index contributed by atoms with van der Waals surface area (Å²) in [6, 6.07) is 0. The number of hydrogen-bond donors (Lipinski definition) is 3. The fourth-order valence-electron chi connectivity index (χ4n) is 0.149. The van der Waals surface area contributed by atoms with Gasteiger partial charge in [0.05, 0.1) is 11.9 Å². The van der Waals surface area contributed by atoms with Crippen LogP contribution in [0.2, 0.25) is 0 Å². The highest BCUT2D eigenvalue weighted by molar-refractivity contribution is 7.86. The van der Waals surface area contributed by atoms with Crippen LogP contribution in [0.5, 0.6) is 0 Å². The van der Waals surface area contributed by atoms with E-state index in [2.05, 4.69) is 6.58 Å². The van der Waals surface area contributed by atoms with Crippen molar-refractivity contribution in [3.05, 3.63) is 12.7 Å². The maximum Gasteiger partial charge on any atom is 0.270 e. The Kier molecular flexibility index (Phi) is 16.5. The second-order valence-corrected chi connectivity index (χ2v) is 3.07. The zero-order valence-electron chi connectivity index (χ0n) is 8.30. The van der Waals surface area contributed by atoms with Crippen molar-refractivity contribution in [2.45, 2.75) is 0 Å². The highest BCUT2D eigenvalue weighted by atomic mass is 32.2. The Labute approximate surface area is 86.3 Å². The Morgan fingerprint density at radius 2 is 1.53 bits per heavy atom. The number of quaternary nitrogens is 2. The van der Waals surface area contributed by atoms with Crippen LogP contribution < -0.4 is 22.5 Å². The van der Waals surface area contributed by atoms with Gasteiger partial charge in [0.1, 0.15) is 5.75 Å². The third kappa shape index (κ3) is 45.5. The zero-order chi connectivity index (χ0) is 11.1. The molecule has 10 heteroatoms. The van der Waals surface area contributed by atoms with Crippen LogP contribution in [0.25, 0.3) is 0 Å². The van der Waals surface area contributed by atoms with Gasteiger partial charge in [-0.2, -0.15) is 8.42 Å². The van der Waals surface area contributed by atoms with Crippen molar-refractivity contribution in [1.82, 2.24) is 12.3 Å². The average Bonchev–Trinajstić information content (AvgIpc) is 1.83. The van der Waals surface area contributed by atoms with E-state index in [0.29, 0.717) is 0 Å². The lowest BCUT2D eigenvalue weighted by Gasteiger charge is -1.94. The van der Waals surface area contributed by atoms with E-state index in [-0.39, 0.29) is 12.3 Å². The fraction of sp³-hybridized carbons (Fsp3) is 0.200. The van der Waals surface area contributed by atoms with Crippen LogP contribution in [0.3, 0.4) is 0 Å². The summed E-state index contributed by atoms with van der Waals surface area (Å²) in [5.41, 5.74) is 0. The maximum absolute atomic E-state index is 9.58. The molecule has 0 rings (SSSR count). The van der Waals surface area contributed by atoms with Crippen LogP contribution in [0.4, 0.5) is 0 Å². The summed E-state index contributed by atoms with van der Waals surface area (Å²) in [5.74, 6) is -4.38. The van der Waals surface area contributed by atoms with Crippen LogP contribution >= 0.6 is 0 Å². The number of aliphatic carboxylic acids is 2. The van der Waals surface area contributed by atoms with Crippen LogP contribution in [0, 0.1) is 0 Å². The standard InChI is InChI=1S/C3H4O2.C2H4O5S.2H3N/c1-2-3(4)5;3-2(4)1-8(5,6)7;;/h2H,1H2,(H,4,5);1H2,(H,3,4)(H,5,6,7);2*1H3. The van der Waals surface area contributed by atoms with Gasteiger partial charge in [0.15, 0.2) is 0 Å². The quantitative estimate of drug-likeness (QED) is 0.354. The van der Waals surface area contributed by atoms with Gasteiger partial charge >= 0.3 is 0 Å². The van der Waals surface area contributed by atoms with Crippen molar-refractivity contribution >= 4 is 22.1 Å². The van der Waals surface area contributed by atoms with Gasteiger partial charge < -0.3 is 32.1 Å². The van der Waals surface area contributed by atoms with E-state index < -0.39 is 27.8 Å². The topological polar surface area (TPSA) is 208 Å². The van der Waals surface area contributed by atoms with Crippen molar-refractivity contribution in [2.24, 2.45) is 0 Å². The summed E-state index contributed by atoms with van der Waals surface area (Å²) in [4.78, 5) is 18.5. The van der Waals surface area contributed by atoms with Gasteiger partial charge in [0.2, 0.25) is 0 Å². The minimum absolute atomic E-state index is 0. The molecule has 0 radical (unpaired) electrons. The van der Waals surface area contributed by atoms with Crippen LogP contribution in [0.1, 0.15) is 0 Å². The molecule has 0 aromatic rings. The molecule has 15 heavy (non-hydrogen) atoms. The van der Waals surface area contributed by atoms with Gasteiger partial charge in [0.25, 0.3) is 10.1 Å². The number of carbonyl (C=O) groups is 2. The van der Waals surface area contributed by atoms with Crippen LogP contribution in [0.15, 0.2) is 12.7 Å². The smallest absolute Gasteiger partial charge is 0.270 e. The predicted molar refractivity (Wildman–Crippen MR) is 48.6 cm³/mol. The molecule has 0 aromatic heterocycles. The normalized spacial score (nSPS) is 8.07. The number of carboxylic acid groups (broad SMARTS) is 2. The second-order valence-electron chi connectivity index (χ2n) is 1.62. The summed E-state index contributed by atoms with van der Waals surface area (Å²) in [5, 5.41) is 18.5. The van der Waals surface area contributed by atoms with E-state index in [1.165, 1.54) is 0 Å². The molecule has 9 N–H and O–H groups in total. The predicted octanol–water partition coefficient (Wildman–Crippen LogP) is -2.70. The third-order valence-corrected chi connectivity index (χ3v) is 1.07. The van der Waals surface area contributed by atoms with E-state index in [1.54, 1.807) is 0 Å².